The van der Waals surface area contributed by atoms with E-state index < -0.39 is 0 Å². The molecule has 0 unspecified atom stereocenters. The standard InChI is InChI=1S/C18H17N7O2/c1-11-14-9-12(10-19-17(14)24(2)22-11)20-16(26)7-8-25-18(27)13-5-3-4-6-15(13)21-23-25/h3-6,9-10H,7-8H2,1-2H3,(H,20,26). The first kappa shape index (κ1) is 16.8. The van der Waals surface area contributed by atoms with Gasteiger partial charge in [0.2, 0.25) is 5.91 Å². The lowest BCUT2D eigenvalue weighted by Crippen LogP contribution is -2.26. The fourth-order valence-corrected chi connectivity index (χ4v) is 2.98. The summed E-state index contributed by atoms with van der Waals surface area (Å²) in [6, 6.07) is 8.82. The Kier molecular flexibility index (Phi) is 4.11. The van der Waals surface area contributed by atoms with Gasteiger partial charge >= 0.3 is 0 Å². The zero-order chi connectivity index (χ0) is 19.0. The van der Waals surface area contributed by atoms with Crippen LogP contribution >= 0.6 is 0 Å². The van der Waals surface area contributed by atoms with Crippen LogP contribution in [-0.2, 0) is 18.4 Å². The number of hydrogen-bond donors (Lipinski definition) is 1. The highest BCUT2D eigenvalue weighted by molar-refractivity contribution is 5.93. The second-order valence-electron chi connectivity index (χ2n) is 6.24. The lowest BCUT2D eigenvalue weighted by molar-refractivity contribution is -0.116. The molecule has 3 aromatic heterocycles. The number of benzene rings is 1. The van der Waals surface area contributed by atoms with Gasteiger partial charge < -0.3 is 5.32 Å². The highest BCUT2D eigenvalue weighted by atomic mass is 16.2. The third kappa shape index (κ3) is 3.14. The molecule has 4 aromatic rings. The van der Waals surface area contributed by atoms with E-state index in [-0.39, 0.29) is 24.4 Å². The number of nitrogens with zero attached hydrogens (tertiary/aromatic N) is 6. The van der Waals surface area contributed by atoms with Crippen LogP contribution in [0.2, 0.25) is 0 Å². The zero-order valence-corrected chi connectivity index (χ0v) is 14.9. The van der Waals surface area contributed by atoms with Gasteiger partial charge in [0.15, 0.2) is 5.65 Å². The topological polar surface area (TPSA) is 108 Å². The molecule has 136 valence electrons. The first-order chi connectivity index (χ1) is 13.0. The van der Waals surface area contributed by atoms with Gasteiger partial charge in [-0.15, -0.1) is 5.10 Å². The molecule has 4 rings (SSSR count). The quantitative estimate of drug-likeness (QED) is 0.587. The Morgan fingerprint density at radius 2 is 2.04 bits per heavy atom. The third-order valence-electron chi connectivity index (χ3n) is 4.33. The molecule has 0 saturated carbocycles. The van der Waals surface area contributed by atoms with Gasteiger partial charge in [0.25, 0.3) is 5.56 Å². The number of pyridine rings is 1. The van der Waals surface area contributed by atoms with E-state index in [1.165, 1.54) is 4.68 Å². The van der Waals surface area contributed by atoms with Crippen molar-refractivity contribution in [2.24, 2.45) is 7.05 Å². The Labute approximate surface area is 153 Å². The van der Waals surface area contributed by atoms with Crippen molar-refractivity contribution >= 4 is 33.5 Å². The molecule has 3 heterocycles. The SMILES string of the molecule is Cc1nn(C)c2ncc(NC(=O)CCn3nnc4ccccc4c3=O)cc12. The summed E-state index contributed by atoms with van der Waals surface area (Å²) < 4.78 is 2.90. The van der Waals surface area contributed by atoms with Gasteiger partial charge in [-0.05, 0) is 25.1 Å². The van der Waals surface area contributed by atoms with E-state index >= 15 is 0 Å². The molecule has 0 fully saturated rings. The largest absolute Gasteiger partial charge is 0.325 e. The molecule has 0 bridgehead atoms. The van der Waals surface area contributed by atoms with Crippen LogP contribution in [0, 0.1) is 6.92 Å². The van der Waals surface area contributed by atoms with E-state index in [9.17, 15) is 9.59 Å². The maximum Gasteiger partial charge on any atom is 0.277 e. The van der Waals surface area contributed by atoms with Crippen molar-refractivity contribution in [3.63, 3.8) is 0 Å². The molecule has 0 spiro atoms. The van der Waals surface area contributed by atoms with Gasteiger partial charge in [-0.25, -0.2) is 9.67 Å². The third-order valence-corrected chi connectivity index (χ3v) is 4.33. The van der Waals surface area contributed by atoms with Gasteiger partial charge in [-0.1, -0.05) is 17.3 Å². The number of aromatic nitrogens is 6. The second kappa shape index (κ2) is 6.60. The fraction of sp³-hybridized carbons (Fsp3) is 0.222. The van der Waals surface area contributed by atoms with Crippen molar-refractivity contribution in [2.45, 2.75) is 19.9 Å². The molecule has 1 amide bonds. The van der Waals surface area contributed by atoms with Crippen LogP contribution in [0.3, 0.4) is 0 Å². The number of aryl methyl sites for hydroxylation is 3. The van der Waals surface area contributed by atoms with Crippen molar-refractivity contribution in [2.75, 3.05) is 5.32 Å². The fourth-order valence-electron chi connectivity index (χ4n) is 2.98. The minimum atomic E-state index is -0.262. The number of rotatable bonds is 4. The number of carbonyl (C=O) groups is 1. The number of fused-ring (bicyclic) bond motifs is 2. The highest BCUT2D eigenvalue weighted by Gasteiger charge is 2.10. The van der Waals surface area contributed by atoms with E-state index in [2.05, 4.69) is 25.7 Å². The van der Waals surface area contributed by atoms with Gasteiger partial charge in [0.1, 0.15) is 5.52 Å². The molecule has 1 aromatic carbocycles. The van der Waals surface area contributed by atoms with Gasteiger partial charge in [0, 0.05) is 18.9 Å². The molecular weight excluding hydrogens is 346 g/mol. The molecule has 0 aliphatic rings. The van der Waals surface area contributed by atoms with Gasteiger partial charge in [0.05, 0.1) is 29.5 Å². The van der Waals surface area contributed by atoms with Crippen LogP contribution in [0.1, 0.15) is 12.1 Å². The predicted molar refractivity (Wildman–Crippen MR) is 100 cm³/mol. The summed E-state index contributed by atoms with van der Waals surface area (Å²) in [5, 5.41) is 16.4. The van der Waals surface area contributed by atoms with Gasteiger partial charge in [-0.2, -0.15) is 5.10 Å². The predicted octanol–water partition coefficient (Wildman–Crippen LogP) is 1.41. The summed E-state index contributed by atoms with van der Waals surface area (Å²) in [4.78, 5) is 29.0. The van der Waals surface area contributed by atoms with Crippen molar-refractivity contribution < 1.29 is 4.79 Å². The smallest absolute Gasteiger partial charge is 0.277 e. The highest BCUT2D eigenvalue weighted by Crippen LogP contribution is 2.19. The maximum atomic E-state index is 12.4. The van der Waals surface area contributed by atoms with E-state index in [0.717, 1.165) is 16.7 Å². The molecule has 0 saturated heterocycles. The minimum absolute atomic E-state index is 0.0942. The number of anilines is 1. The summed E-state index contributed by atoms with van der Waals surface area (Å²) in [7, 11) is 1.82. The lowest BCUT2D eigenvalue weighted by atomic mass is 10.2. The molecule has 9 heteroatoms. The summed E-state index contributed by atoms with van der Waals surface area (Å²) in [6.07, 6.45) is 1.68. The van der Waals surface area contributed by atoms with Crippen LogP contribution in [0.4, 0.5) is 5.69 Å². The number of amides is 1. The van der Waals surface area contributed by atoms with Crippen molar-refractivity contribution in [3.8, 4) is 0 Å². The van der Waals surface area contributed by atoms with E-state index in [1.54, 1.807) is 35.1 Å². The van der Waals surface area contributed by atoms with Crippen molar-refractivity contribution in [1.29, 1.82) is 0 Å². The first-order valence-corrected chi connectivity index (χ1v) is 8.44. The average Bonchev–Trinajstić information content (AvgIpc) is 2.95. The summed E-state index contributed by atoms with van der Waals surface area (Å²) in [5.41, 5.74) is 2.45. The first-order valence-electron chi connectivity index (χ1n) is 8.44. The Hall–Kier alpha value is -3.62. The minimum Gasteiger partial charge on any atom is -0.325 e. The van der Waals surface area contributed by atoms with Gasteiger partial charge in [-0.3, -0.25) is 14.3 Å². The number of hydrogen-bond acceptors (Lipinski definition) is 6. The number of nitrogens with one attached hydrogen (secondary N) is 1. The molecule has 9 nitrogen and oxygen atoms in total. The normalized spacial score (nSPS) is 11.2. The Morgan fingerprint density at radius 3 is 2.89 bits per heavy atom. The zero-order valence-electron chi connectivity index (χ0n) is 14.9. The molecule has 0 radical (unpaired) electrons. The van der Waals surface area contributed by atoms with Crippen LogP contribution in [0.25, 0.3) is 21.9 Å². The lowest BCUT2D eigenvalue weighted by Gasteiger charge is -2.07. The summed E-state index contributed by atoms with van der Waals surface area (Å²) in [6.45, 7) is 2.03. The molecular formula is C18H17N7O2. The van der Waals surface area contributed by atoms with Crippen LogP contribution < -0.4 is 10.9 Å². The summed E-state index contributed by atoms with van der Waals surface area (Å²) in [5.74, 6) is -0.237. The van der Waals surface area contributed by atoms with Crippen molar-refractivity contribution in [1.82, 2.24) is 29.8 Å². The Morgan fingerprint density at radius 1 is 1.22 bits per heavy atom. The monoisotopic (exact) mass is 363 g/mol. The second-order valence-corrected chi connectivity index (χ2v) is 6.24. The summed E-state index contributed by atoms with van der Waals surface area (Å²) >= 11 is 0. The van der Waals surface area contributed by atoms with E-state index in [0.29, 0.717) is 16.6 Å². The molecule has 0 aliphatic heterocycles. The van der Waals surface area contributed by atoms with Crippen LogP contribution in [0.5, 0.6) is 0 Å². The molecule has 0 atom stereocenters. The van der Waals surface area contributed by atoms with Crippen molar-refractivity contribution in [3.05, 3.63) is 52.6 Å². The van der Waals surface area contributed by atoms with Crippen LogP contribution in [0.15, 0.2) is 41.3 Å². The Bertz CT molecular complexity index is 1230. The maximum absolute atomic E-state index is 12.4. The average molecular weight is 363 g/mol. The molecule has 1 N–H and O–H groups in total. The molecule has 0 aliphatic carbocycles. The van der Waals surface area contributed by atoms with Crippen LogP contribution in [-0.4, -0.2) is 35.7 Å². The molecule has 27 heavy (non-hydrogen) atoms. The Balaban J connectivity index is 1.48. The number of carbonyl (C=O) groups excluding carboxylic acids is 1. The van der Waals surface area contributed by atoms with E-state index in [4.69, 9.17) is 0 Å². The van der Waals surface area contributed by atoms with E-state index in [1.807, 2.05) is 20.0 Å².